The number of phosphoric acid groups is 1. The topological polar surface area (TPSA) is 118 Å². The summed E-state index contributed by atoms with van der Waals surface area (Å²) in [5.74, 6) is -1.78. The molecule has 0 aromatic carbocycles. The van der Waals surface area contributed by atoms with E-state index in [0.717, 1.165) is 12.8 Å². The van der Waals surface area contributed by atoms with Crippen LogP contribution in [-0.2, 0) is 41.3 Å². The molecule has 1 fully saturated rings. The average Bonchev–Trinajstić information content (AvgIpc) is 3.04. The fourth-order valence-electron chi connectivity index (χ4n) is 4.35. The number of likely N-dealkylation sites (tertiary alicyclic amines) is 1. The predicted octanol–water partition coefficient (Wildman–Crippen LogP) is 4.94. The second-order valence-electron chi connectivity index (χ2n) is 8.02. The van der Waals surface area contributed by atoms with Crippen molar-refractivity contribution in [3.8, 4) is 0 Å². The molecule has 0 aromatic heterocycles. The first-order chi connectivity index (χ1) is 16.3. The van der Waals surface area contributed by atoms with Crippen LogP contribution >= 0.6 is 15.4 Å². The number of allylic oxidation sites excluding steroid dienone is 2. The third kappa shape index (κ3) is 7.33. The van der Waals surface area contributed by atoms with Gasteiger partial charge in [-0.3, -0.25) is 32.6 Å². The van der Waals surface area contributed by atoms with Gasteiger partial charge in [0.1, 0.15) is 0 Å². The van der Waals surface area contributed by atoms with Gasteiger partial charge >= 0.3 is 15.4 Å². The van der Waals surface area contributed by atoms with E-state index >= 15 is 0 Å². The third-order valence-electron chi connectivity index (χ3n) is 5.74. The molecule has 0 unspecified atom stereocenters. The molecule has 0 aromatic rings. The Balaban J connectivity index is 1.86. The van der Waals surface area contributed by atoms with Crippen LogP contribution in [0.2, 0.25) is 0 Å². The van der Waals surface area contributed by atoms with Crippen LogP contribution in [0.15, 0.2) is 12.2 Å². The molecule has 1 aliphatic heterocycles. The van der Waals surface area contributed by atoms with E-state index in [4.69, 9.17) is 22.6 Å². The monoisotopic (exact) mass is 523 g/mol. The van der Waals surface area contributed by atoms with Crippen LogP contribution in [0.25, 0.3) is 0 Å². The molecule has 0 N–H and O–H groups in total. The maximum absolute atomic E-state index is 13.4. The van der Waals surface area contributed by atoms with Gasteiger partial charge in [0.15, 0.2) is 0 Å². The Morgan fingerprint density at radius 1 is 0.824 bits per heavy atom. The number of amides is 2. The first-order valence-electron chi connectivity index (χ1n) is 12.2. The summed E-state index contributed by atoms with van der Waals surface area (Å²) in [7, 11) is -7.07. The Kier molecular flexibility index (Phi) is 12.1. The second kappa shape index (κ2) is 14.0. The van der Waals surface area contributed by atoms with Crippen LogP contribution in [0.1, 0.15) is 59.8 Å². The number of nitrogens with zero attached hydrogens (tertiary/aromatic N) is 1. The first kappa shape index (κ1) is 29.4. The molecule has 10 nitrogen and oxygen atoms in total. The Bertz CT molecular complexity index is 783. The third-order valence-corrected chi connectivity index (χ3v) is 9.85. The van der Waals surface area contributed by atoms with E-state index in [-0.39, 0.29) is 44.8 Å². The van der Waals surface area contributed by atoms with Crippen molar-refractivity contribution < 1.29 is 41.3 Å². The van der Waals surface area contributed by atoms with Crippen LogP contribution in [0.5, 0.6) is 0 Å². The Morgan fingerprint density at radius 2 is 1.41 bits per heavy atom. The fourth-order valence-corrected chi connectivity index (χ4v) is 7.76. The molecule has 1 saturated heterocycles. The van der Waals surface area contributed by atoms with E-state index in [2.05, 4.69) is 0 Å². The van der Waals surface area contributed by atoms with Crippen molar-refractivity contribution in [2.24, 2.45) is 11.8 Å². The smallest absolute Gasteiger partial charge is 0.308 e. The van der Waals surface area contributed by atoms with E-state index in [0.29, 0.717) is 25.8 Å². The van der Waals surface area contributed by atoms with Gasteiger partial charge in [0, 0.05) is 6.54 Å². The summed E-state index contributed by atoms with van der Waals surface area (Å²) in [5.41, 5.74) is -0.754. The van der Waals surface area contributed by atoms with Crippen molar-refractivity contribution in [2.75, 3.05) is 39.6 Å². The largest absolute Gasteiger partial charge is 0.474 e. The molecular formula is C22H39NO9P2. The zero-order chi connectivity index (χ0) is 25.2. The summed E-state index contributed by atoms with van der Waals surface area (Å²) >= 11 is 0. The number of phosphoric ester groups is 1. The maximum Gasteiger partial charge on any atom is 0.474 e. The second-order valence-corrected chi connectivity index (χ2v) is 11.9. The number of rotatable bonds is 17. The zero-order valence-electron chi connectivity index (χ0n) is 20.7. The Labute approximate surface area is 202 Å². The van der Waals surface area contributed by atoms with Gasteiger partial charge in [-0.1, -0.05) is 25.0 Å². The van der Waals surface area contributed by atoms with Crippen molar-refractivity contribution in [1.29, 1.82) is 0 Å². The number of fused-ring (bicyclic) bond motifs is 1. The number of carbonyl (C=O) groups is 2. The molecule has 2 aliphatic rings. The molecule has 0 bridgehead atoms. The van der Waals surface area contributed by atoms with Crippen molar-refractivity contribution in [2.45, 2.75) is 65.5 Å². The van der Waals surface area contributed by atoms with Crippen LogP contribution in [0.4, 0.5) is 0 Å². The summed E-state index contributed by atoms with van der Waals surface area (Å²) < 4.78 is 52.0. The van der Waals surface area contributed by atoms with Gasteiger partial charge < -0.3 is 9.05 Å². The summed E-state index contributed by atoms with van der Waals surface area (Å²) in [5, 5.41) is 0. The Morgan fingerprint density at radius 3 is 2.00 bits per heavy atom. The quantitative estimate of drug-likeness (QED) is 0.113. The number of unbranched alkanes of at least 4 members (excludes halogenated alkanes) is 3. The summed E-state index contributed by atoms with van der Waals surface area (Å²) in [6, 6.07) is 0. The van der Waals surface area contributed by atoms with E-state index in [1.54, 1.807) is 39.8 Å². The van der Waals surface area contributed by atoms with Crippen LogP contribution in [-0.4, -0.2) is 62.0 Å². The highest BCUT2D eigenvalue weighted by Crippen LogP contribution is 2.59. The molecule has 12 heteroatoms. The zero-order valence-corrected chi connectivity index (χ0v) is 22.5. The van der Waals surface area contributed by atoms with Gasteiger partial charge in [0.05, 0.1) is 50.5 Å². The van der Waals surface area contributed by atoms with Crippen molar-refractivity contribution in [1.82, 2.24) is 4.90 Å². The highest BCUT2D eigenvalue weighted by atomic mass is 31.2. The molecular weight excluding hydrogens is 484 g/mol. The fraction of sp³-hybridized carbons (Fsp3) is 0.818. The van der Waals surface area contributed by atoms with Crippen LogP contribution < -0.4 is 0 Å². The molecule has 1 aliphatic carbocycles. The highest BCUT2D eigenvalue weighted by molar-refractivity contribution is 7.55. The maximum atomic E-state index is 13.4. The molecule has 0 spiro atoms. The first-order valence-corrected chi connectivity index (χ1v) is 15.3. The van der Waals surface area contributed by atoms with E-state index in [1.165, 1.54) is 4.90 Å². The normalized spacial score (nSPS) is 23.1. The SMILES string of the molecule is CCOP(=O)(OCC)OCCCCCCN1C(=O)[C@H]2[C@H](CC=C[C@H]2P(=O)(OCC)OCC)C1=O. The number of hydrogen-bond donors (Lipinski definition) is 0. The molecule has 1 heterocycles. The minimum atomic E-state index is -3.57. The van der Waals surface area contributed by atoms with Gasteiger partial charge in [0.25, 0.3) is 0 Å². The van der Waals surface area contributed by atoms with Gasteiger partial charge in [0.2, 0.25) is 11.8 Å². The summed E-state index contributed by atoms with van der Waals surface area (Å²) in [4.78, 5) is 27.4. The molecule has 196 valence electrons. The predicted molar refractivity (Wildman–Crippen MR) is 127 cm³/mol. The standard InChI is InChI=1S/C22H39NO9P2/c1-5-28-33(26,29-6-2)19-15-13-14-18-20(19)22(25)23(21(18)24)16-11-9-10-12-17-32-34(27,30-7-3)31-8-4/h13,15,18-20H,5-12,14,16-17H2,1-4H3/t18-,19+,20-/m0/s1. The number of carbonyl (C=O) groups excluding carboxylic acids is 2. The highest BCUT2D eigenvalue weighted by Gasteiger charge is 2.56. The lowest BCUT2D eigenvalue weighted by molar-refractivity contribution is -0.140. The molecule has 2 amide bonds. The van der Waals surface area contributed by atoms with Crippen LogP contribution in [0.3, 0.4) is 0 Å². The van der Waals surface area contributed by atoms with Crippen LogP contribution in [0, 0.1) is 11.8 Å². The van der Waals surface area contributed by atoms with E-state index in [1.807, 2.05) is 0 Å². The van der Waals surface area contributed by atoms with Gasteiger partial charge in [-0.25, -0.2) is 4.57 Å². The summed E-state index contributed by atoms with van der Waals surface area (Å²) in [6.45, 7) is 8.28. The molecule has 34 heavy (non-hydrogen) atoms. The lowest BCUT2D eigenvalue weighted by Crippen LogP contribution is -2.35. The Hall–Kier alpha value is -0.860. The lowest BCUT2D eigenvalue weighted by atomic mass is 9.85. The lowest BCUT2D eigenvalue weighted by Gasteiger charge is -2.31. The van der Waals surface area contributed by atoms with Crippen molar-refractivity contribution >= 4 is 27.2 Å². The molecule has 2 rings (SSSR count). The van der Waals surface area contributed by atoms with Crippen molar-refractivity contribution in [3.63, 3.8) is 0 Å². The van der Waals surface area contributed by atoms with Gasteiger partial charge in [-0.2, -0.15) is 0 Å². The van der Waals surface area contributed by atoms with Gasteiger partial charge in [-0.15, -0.1) is 0 Å². The van der Waals surface area contributed by atoms with E-state index in [9.17, 15) is 18.7 Å². The summed E-state index contributed by atoms with van der Waals surface area (Å²) in [6.07, 6.45) is 6.78. The molecule has 0 saturated carbocycles. The van der Waals surface area contributed by atoms with Crippen molar-refractivity contribution in [3.05, 3.63) is 12.2 Å². The van der Waals surface area contributed by atoms with E-state index < -0.39 is 32.9 Å². The minimum absolute atomic E-state index is 0.194. The molecule has 0 radical (unpaired) electrons. The average molecular weight is 524 g/mol. The van der Waals surface area contributed by atoms with Gasteiger partial charge in [-0.05, 0) is 47.0 Å². The number of imide groups is 1. The number of hydrogen-bond acceptors (Lipinski definition) is 9. The molecule has 3 atom stereocenters. The minimum Gasteiger partial charge on any atom is -0.308 e.